The molecule has 1 aromatic rings. The van der Waals surface area contributed by atoms with Gasteiger partial charge >= 0.3 is 5.97 Å². The first-order valence-electron chi connectivity index (χ1n) is 4.12. The molecule has 0 amide bonds. The number of carboxylic acid groups (broad SMARTS) is 1. The van der Waals surface area contributed by atoms with E-state index in [9.17, 15) is 4.79 Å². The van der Waals surface area contributed by atoms with Crippen LogP contribution in [0.3, 0.4) is 0 Å². The van der Waals surface area contributed by atoms with Gasteiger partial charge in [0, 0.05) is 10.0 Å². The lowest BCUT2D eigenvalue weighted by Crippen LogP contribution is -2.08. The second-order valence-corrected chi connectivity index (χ2v) is 3.86. The maximum Gasteiger partial charge on any atom is 0.310 e. The number of carbonyl (C=O) groups is 1. The van der Waals surface area contributed by atoms with E-state index in [2.05, 4.69) is 15.9 Å². The van der Waals surface area contributed by atoms with Crippen molar-refractivity contribution < 1.29 is 14.6 Å². The van der Waals surface area contributed by atoms with E-state index < -0.39 is 11.9 Å². The van der Waals surface area contributed by atoms with Crippen LogP contribution in [0.15, 0.2) is 22.7 Å². The first kappa shape index (κ1) is 11.0. The summed E-state index contributed by atoms with van der Waals surface area (Å²) in [6.45, 7) is 1.63. The van der Waals surface area contributed by atoms with Crippen molar-refractivity contribution in [3.8, 4) is 5.75 Å². The van der Waals surface area contributed by atoms with Crippen molar-refractivity contribution in [3.05, 3.63) is 28.2 Å². The fourth-order valence-electron chi connectivity index (χ4n) is 1.18. The Morgan fingerprint density at radius 3 is 2.71 bits per heavy atom. The molecule has 1 rings (SSSR count). The summed E-state index contributed by atoms with van der Waals surface area (Å²) in [5, 5.41) is 8.88. The summed E-state index contributed by atoms with van der Waals surface area (Å²) in [5.74, 6) is -0.827. The number of aliphatic carboxylic acids is 1. The highest BCUT2D eigenvalue weighted by Gasteiger charge is 2.18. The third-order valence-corrected chi connectivity index (χ3v) is 2.52. The second-order valence-electron chi connectivity index (χ2n) is 2.95. The lowest BCUT2D eigenvalue weighted by atomic mass is 10.0. The molecule has 1 atom stereocenters. The standard InChI is InChI=1S/C10H11BrO3/c1-6(10(12)13)8-5-7(11)3-4-9(8)14-2/h3-6H,1-2H3,(H,12,13). The molecule has 0 aliphatic heterocycles. The molecule has 0 aromatic heterocycles. The summed E-state index contributed by atoms with van der Waals surface area (Å²) in [6.07, 6.45) is 0. The van der Waals surface area contributed by atoms with Crippen LogP contribution >= 0.6 is 15.9 Å². The van der Waals surface area contributed by atoms with Gasteiger partial charge in [0.1, 0.15) is 5.75 Å². The molecule has 0 spiro atoms. The largest absolute Gasteiger partial charge is 0.496 e. The van der Waals surface area contributed by atoms with Crippen molar-refractivity contribution in [1.82, 2.24) is 0 Å². The SMILES string of the molecule is COc1ccc(Br)cc1C(C)C(=O)O. The van der Waals surface area contributed by atoms with Gasteiger partial charge in [-0.2, -0.15) is 0 Å². The fourth-order valence-corrected chi connectivity index (χ4v) is 1.56. The Hall–Kier alpha value is -1.03. The number of hydrogen-bond acceptors (Lipinski definition) is 2. The zero-order valence-electron chi connectivity index (χ0n) is 7.95. The summed E-state index contributed by atoms with van der Waals surface area (Å²) in [6, 6.07) is 5.33. The van der Waals surface area contributed by atoms with Gasteiger partial charge in [0.05, 0.1) is 13.0 Å². The van der Waals surface area contributed by atoms with Gasteiger partial charge in [-0.05, 0) is 25.1 Å². The van der Waals surface area contributed by atoms with Crippen LogP contribution in [0.5, 0.6) is 5.75 Å². The highest BCUT2D eigenvalue weighted by Crippen LogP contribution is 2.29. The van der Waals surface area contributed by atoms with Crippen molar-refractivity contribution in [2.75, 3.05) is 7.11 Å². The van der Waals surface area contributed by atoms with Crippen LogP contribution in [-0.4, -0.2) is 18.2 Å². The van der Waals surface area contributed by atoms with Crippen molar-refractivity contribution in [2.45, 2.75) is 12.8 Å². The van der Waals surface area contributed by atoms with Crippen LogP contribution in [0.25, 0.3) is 0 Å². The van der Waals surface area contributed by atoms with E-state index in [0.29, 0.717) is 11.3 Å². The maximum absolute atomic E-state index is 10.8. The van der Waals surface area contributed by atoms with Gasteiger partial charge in [0.2, 0.25) is 0 Å². The molecular weight excluding hydrogens is 248 g/mol. The van der Waals surface area contributed by atoms with Crippen molar-refractivity contribution >= 4 is 21.9 Å². The lowest BCUT2D eigenvalue weighted by molar-refractivity contribution is -0.138. The van der Waals surface area contributed by atoms with Crippen molar-refractivity contribution in [3.63, 3.8) is 0 Å². The number of halogens is 1. The maximum atomic E-state index is 10.8. The molecule has 1 N–H and O–H groups in total. The predicted octanol–water partition coefficient (Wildman–Crippen LogP) is 2.65. The minimum atomic E-state index is -0.860. The molecule has 1 aromatic carbocycles. The molecule has 0 heterocycles. The number of carboxylic acids is 1. The van der Waals surface area contributed by atoms with Crippen LogP contribution < -0.4 is 4.74 Å². The van der Waals surface area contributed by atoms with E-state index in [1.807, 2.05) is 6.07 Å². The molecule has 76 valence electrons. The average molecular weight is 259 g/mol. The van der Waals surface area contributed by atoms with E-state index in [1.165, 1.54) is 7.11 Å². The first-order chi connectivity index (χ1) is 6.56. The average Bonchev–Trinajstić information content (AvgIpc) is 2.16. The van der Waals surface area contributed by atoms with Gasteiger partial charge in [-0.3, -0.25) is 4.79 Å². The van der Waals surface area contributed by atoms with Crippen LogP contribution in [0, 0.1) is 0 Å². The fraction of sp³-hybridized carbons (Fsp3) is 0.300. The Morgan fingerprint density at radius 2 is 2.21 bits per heavy atom. The molecule has 0 saturated carbocycles. The smallest absolute Gasteiger partial charge is 0.310 e. The molecule has 1 unspecified atom stereocenters. The number of benzene rings is 1. The zero-order valence-corrected chi connectivity index (χ0v) is 9.54. The third-order valence-electron chi connectivity index (χ3n) is 2.03. The lowest BCUT2D eigenvalue weighted by Gasteiger charge is -2.12. The van der Waals surface area contributed by atoms with Crippen LogP contribution in [0.1, 0.15) is 18.4 Å². The molecule has 0 aliphatic carbocycles. The van der Waals surface area contributed by atoms with Gasteiger partial charge in [-0.25, -0.2) is 0 Å². The van der Waals surface area contributed by atoms with Crippen molar-refractivity contribution in [1.29, 1.82) is 0 Å². The molecule has 0 aliphatic rings. The van der Waals surface area contributed by atoms with E-state index in [-0.39, 0.29) is 0 Å². The predicted molar refractivity (Wildman–Crippen MR) is 56.7 cm³/mol. The van der Waals surface area contributed by atoms with Crippen LogP contribution in [0.2, 0.25) is 0 Å². The van der Waals surface area contributed by atoms with Crippen LogP contribution in [-0.2, 0) is 4.79 Å². The Bertz CT molecular complexity index is 349. The summed E-state index contributed by atoms with van der Waals surface area (Å²) < 4.78 is 5.94. The summed E-state index contributed by atoms with van der Waals surface area (Å²) in [5.41, 5.74) is 0.675. The van der Waals surface area contributed by atoms with Gasteiger partial charge < -0.3 is 9.84 Å². The molecule has 0 fully saturated rings. The topological polar surface area (TPSA) is 46.5 Å². The minimum Gasteiger partial charge on any atom is -0.496 e. The monoisotopic (exact) mass is 258 g/mol. The number of hydrogen-bond donors (Lipinski definition) is 1. The molecule has 4 heteroatoms. The van der Waals surface area contributed by atoms with E-state index in [4.69, 9.17) is 9.84 Å². The Kier molecular flexibility index (Phi) is 3.52. The number of ether oxygens (including phenoxy) is 1. The van der Waals surface area contributed by atoms with Gasteiger partial charge in [-0.15, -0.1) is 0 Å². The Morgan fingerprint density at radius 1 is 1.57 bits per heavy atom. The Balaban J connectivity index is 3.16. The van der Waals surface area contributed by atoms with Gasteiger partial charge in [-0.1, -0.05) is 15.9 Å². The normalized spacial score (nSPS) is 12.2. The summed E-state index contributed by atoms with van der Waals surface area (Å²) in [4.78, 5) is 10.8. The molecule has 14 heavy (non-hydrogen) atoms. The summed E-state index contributed by atoms with van der Waals surface area (Å²) in [7, 11) is 1.53. The molecule has 0 radical (unpaired) electrons. The number of methoxy groups -OCH3 is 1. The van der Waals surface area contributed by atoms with Crippen LogP contribution in [0.4, 0.5) is 0 Å². The quantitative estimate of drug-likeness (QED) is 0.907. The minimum absolute atomic E-state index is 0.567. The first-order valence-corrected chi connectivity index (χ1v) is 4.91. The second kappa shape index (κ2) is 4.46. The van der Waals surface area contributed by atoms with E-state index in [1.54, 1.807) is 19.1 Å². The Labute approximate surface area is 90.8 Å². The third kappa shape index (κ3) is 2.26. The van der Waals surface area contributed by atoms with Crippen molar-refractivity contribution in [2.24, 2.45) is 0 Å². The van der Waals surface area contributed by atoms with Gasteiger partial charge in [0.15, 0.2) is 0 Å². The summed E-state index contributed by atoms with van der Waals surface area (Å²) >= 11 is 3.29. The molecule has 0 bridgehead atoms. The van der Waals surface area contributed by atoms with E-state index in [0.717, 1.165) is 4.47 Å². The molecule has 3 nitrogen and oxygen atoms in total. The molecular formula is C10H11BrO3. The highest BCUT2D eigenvalue weighted by atomic mass is 79.9. The van der Waals surface area contributed by atoms with Gasteiger partial charge in [0.25, 0.3) is 0 Å². The number of rotatable bonds is 3. The van der Waals surface area contributed by atoms with E-state index >= 15 is 0 Å². The zero-order chi connectivity index (χ0) is 10.7. The highest BCUT2D eigenvalue weighted by molar-refractivity contribution is 9.10. The molecule has 0 saturated heterocycles.